The van der Waals surface area contributed by atoms with Crippen LogP contribution in [0.5, 0.6) is 5.75 Å². The molecule has 0 unspecified atom stereocenters. The number of piperidine rings is 1. The zero-order valence-electron chi connectivity index (χ0n) is 21.9. The largest absolute Gasteiger partial charge is 0.497 e. The van der Waals surface area contributed by atoms with Crippen molar-refractivity contribution in [3.8, 4) is 5.75 Å². The van der Waals surface area contributed by atoms with Crippen molar-refractivity contribution in [3.63, 3.8) is 0 Å². The summed E-state index contributed by atoms with van der Waals surface area (Å²) in [5.41, 5.74) is 15.0. The molecular formula is C30H35N5O3. The minimum Gasteiger partial charge on any atom is -0.497 e. The summed E-state index contributed by atoms with van der Waals surface area (Å²) in [6.07, 6.45) is 6.66. The van der Waals surface area contributed by atoms with E-state index in [1.165, 1.54) is 44.3 Å². The number of anilines is 1. The number of likely N-dealkylation sites (tertiary alicyclic amines) is 1. The van der Waals surface area contributed by atoms with Gasteiger partial charge in [-0.05, 0) is 93.6 Å². The maximum absolute atomic E-state index is 14.0. The van der Waals surface area contributed by atoms with Gasteiger partial charge in [-0.3, -0.25) is 9.59 Å². The number of hydrogen-bond donors (Lipinski definition) is 2. The summed E-state index contributed by atoms with van der Waals surface area (Å²) in [6.45, 7) is 3.97. The molecule has 2 aromatic rings. The molecule has 2 aromatic carbocycles. The van der Waals surface area contributed by atoms with E-state index in [-0.39, 0.29) is 22.7 Å². The highest BCUT2D eigenvalue weighted by Crippen LogP contribution is 2.56. The smallest absolute Gasteiger partial charge is 0.277 e. The van der Waals surface area contributed by atoms with E-state index in [1.54, 1.807) is 36.3 Å². The third kappa shape index (κ3) is 4.36. The van der Waals surface area contributed by atoms with E-state index in [0.717, 1.165) is 25.1 Å². The highest BCUT2D eigenvalue weighted by Gasteiger charge is 2.56. The summed E-state index contributed by atoms with van der Waals surface area (Å²) >= 11 is 0. The Balaban J connectivity index is 1.33. The van der Waals surface area contributed by atoms with Crippen molar-refractivity contribution < 1.29 is 14.3 Å². The Morgan fingerprint density at radius 2 is 1.63 bits per heavy atom. The number of benzene rings is 2. The topological polar surface area (TPSA) is 114 Å². The van der Waals surface area contributed by atoms with E-state index >= 15 is 0 Å². The van der Waals surface area contributed by atoms with Crippen LogP contribution in [-0.2, 0) is 15.0 Å². The average Bonchev–Trinajstić information content (AvgIpc) is 3.83. The molecule has 4 fully saturated rings. The van der Waals surface area contributed by atoms with Gasteiger partial charge in [-0.15, -0.1) is 0 Å². The second-order valence-corrected chi connectivity index (χ2v) is 11.3. The van der Waals surface area contributed by atoms with Gasteiger partial charge in [0.05, 0.1) is 12.8 Å². The molecule has 1 spiro atoms. The number of nitrogens with two attached hydrogens (primary N) is 2. The fourth-order valence-electron chi connectivity index (χ4n) is 6.19. The van der Waals surface area contributed by atoms with Gasteiger partial charge in [-0.25, -0.2) is 4.99 Å². The quantitative estimate of drug-likeness (QED) is 0.551. The maximum atomic E-state index is 14.0. The van der Waals surface area contributed by atoms with Crippen LogP contribution in [0.25, 0.3) is 0 Å². The fraction of sp³-hybridized carbons (Fsp3) is 0.433. The van der Waals surface area contributed by atoms with Gasteiger partial charge in [-0.1, -0.05) is 12.1 Å². The zero-order chi connectivity index (χ0) is 26.5. The summed E-state index contributed by atoms with van der Waals surface area (Å²) in [6, 6.07) is 15.6. The molecule has 2 amide bonds. The lowest BCUT2D eigenvalue weighted by molar-refractivity contribution is -0.114. The number of primary amides is 1. The van der Waals surface area contributed by atoms with Crippen molar-refractivity contribution in [3.05, 3.63) is 65.4 Å². The van der Waals surface area contributed by atoms with Crippen LogP contribution in [0.15, 0.2) is 64.8 Å². The average molecular weight is 514 g/mol. The number of methoxy groups -OCH3 is 1. The molecule has 0 aromatic heterocycles. The number of rotatable bonds is 7. The molecule has 2 aliphatic carbocycles. The molecule has 198 valence electrons. The molecule has 38 heavy (non-hydrogen) atoms. The van der Waals surface area contributed by atoms with Crippen LogP contribution in [-0.4, -0.2) is 55.7 Å². The minimum absolute atomic E-state index is 0.0734. The van der Waals surface area contributed by atoms with Crippen molar-refractivity contribution in [2.45, 2.75) is 43.9 Å². The van der Waals surface area contributed by atoms with Gasteiger partial charge >= 0.3 is 0 Å². The number of hydrogen-bond acceptors (Lipinski definition) is 6. The Hall–Kier alpha value is -3.65. The molecule has 4 aliphatic rings. The van der Waals surface area contributed by atoms with Crippen molar-refractivity contribution >= 4 is 28.9 Å². The van der Waals surface area contributed by atoms with Gasteiger partial charge < -0.3 is 26.0 Å². The summed E-state index contributed by atoms with van der Waals surface area (Å²) in [7, 11) is 1.59. The Morgan fingerprint density at radius 3 is 2.18 bits per heavy atom. The molecule has 0 atom stereocenters. The van der Waals surface area contributed by atoms with Gasteiger partial charge in [0.1, 0.15) is 17.2 Å². The van der Waals surface area contributed by atoms with Crippen LogP contribution in [0.3, 0.4) is 0 Å². The van der Waals surface area contributed by atoms with Crippen LogP contribution >= 0.6 is 0 Å². The van der Waals surface area contributed by atoms with Crippen LogP contribution in [0.2, 0.25) is 0 Å². The first-order chi connectivity index (χ1) is 18.3. The van der Waals surface area contributed by atoms with Gasteiger partial charge in [0.15, 0.2) is 0 Å². The summed E-state index contributed by atoms with van der Waals surface area (Å²) < 4.78 is 5.25. The van der Waals surface area contributed by atoms with Gasteiger partial charge in [0.2, 0.25) is 0 Å². The Kier molecular flexibility index (Phi) is 6.02. The lowest BCUT2D eigenvalue weighted by atomic mass is 9.84. The molecular weight excluding hydrogens is 478 g/mol. The second-order valence-electron chi connectivity index (χ2n) is 11.3. The Labute approximate surface area is 223 Å². The molecule has 2 aliphatic heterocycles. The predicted molar refractivity (Wildman–Crippen MR) is 148 cm³/mol. The van der Waals surface area contributed by atoms with Crippen LogP contribution in [0, 0.1) is 5.41 Å². The molecule has 8 heteroatoms. The third-order valence-corrected chi connectivity index (χ3v) is 8.75. The maximum Gasteiger partial charge on any atom is 0.277 e. The number of aliphatic imine (C=N–C) groups is 1. The first-order valence-electron chi connectivity index (χ1n) is 13.5. The number of nitrogens with zero attached hydrogens (tertiary/aromatic N) is 3. The van der Waals surface area contributed by atoms with Crippen LogP contribution in [0.4, 0.5) is 11.4 Å². The number of carbonyl (C=O) groups is 2. The van der Waals surface area contributed by atoms with E-state index in [2.05, 4.69) is 29.2 Å². The van der Waals surface area contributed by atoms with Crippen molar-refractivity contribution in [2.24, 2.45) is 21.9 Å². The van der Waals surface area contributed by atoms with Gasteiger partial charge in [0.25, 0.3) is 11.8 Å². The lowest BCUT2D eigenvalue weighted by Gasteiger charge is -2.36. The van der Waals surface area contributed by atoms with Gasteiger partial charge in [0, 0.05) is 35.2 Å². The standard InChI is InChI=1S/C30H35N5O3/c1-38-23-10-6-21(7-11-23)33-26-24(25(31)27(32)36)30(14-15-30)19-35(28(26)37)22-8-4-20(5-9-22)29(12-13-29)18-34-16-2-3-17-34/h4-11H,2-3,12-19,31H2,1H3,(H2,32,36). The molecule has 2 saturated carbocycles. The Bertz CT molecular complexity index is 1310. The van der Waals surface area contributed by atoms with Crippen molar-refractivity contribution in [2.75, 3.05) is 38.2 Å². The summed E-state index contributed by atoms with van der Waals surface area (Å²) in [5.74, 6) is -0.314. The van der Waals surface area contributed by atoms with Crippen LogP contribution in [0.1, 0.15) is 44.1 Å². The molecule has 4 N–H and O–H groups in total. The van der Waals surface area contributed by atoms with E-state index < -0.39 is 11.3 Å². The van der Waals surface area contributed by atoms with E-state index in [9.17, 15) is 9.59 Å². The summed E-state index contributed by atoms with van der Waals surface area (Å²) in [5, 5.41) is 0. The molecule has 0 bridgehead atoms. The highest BCUT2D eigenvalue weighted by atomic mass is 16.5. The van der Waals surface area contributed by atoms with Crippen molar-refractivity contribution in [1.82, 2.24) is 4.90 Å². The first kappa shape index (κ1) is 24.7. The third-order valence-electron chi connectivity index (χ3n) is 8.75. The molecule has 2 saturated heterocycles. The molecule has 8 nitrogen and oxygen atoms in total. The lowest BCUT2D eigenvalue weighted by Crippen LogP contribution is -2.50. The van der Waals surface area contributed by atoms with Crippen LogP contribution < -0.4 is 21.1 Å². The summed E-state index contributed by atoms with van der Waals surface area (Å²) in [4.78, 5) is 35.2. The monoisotopic (exact) mass is 513 g/mol. The number of carbonyl (C=O) groups excluding carboxylic acids is 2. The minimum atomic E-state index is -0.730. The predicted octanol–water partition coefficient (Wildman–Crippen LogP) is 3.42. The SMILES string of the molecule is COc1ccc(N=C2C(=O)N(c3ccc(C4(CN5CCCC5)CC4)cc3)CC3(CC3)C2=C(N)C(N)=O)cc1. The van der Waals surface area contributed by atoms with Gasteiger partial charge in [-0.2, -0.15) is 0 Å². The molecule has 0 radical (unpaired) electrons. The Morgan fingerprint density at radius 1 is 0.974 bits per heavy atom. The zero-order valence-corrected chi connectivity index (χ0v) is 21.9. The molecule has 2 heterocycles. The van der Waals surface area contributed by atoms with E-state index in [0.29, 0.717) is 23.6 Å². The normalized spacial score (nSPS) is 24.1. The first-order valence-corrected chi connectivity index (χ1v) is 13.5. The fourth-order valence-corrected chi connectivity index (χ4v) is 6.19. The number of ether oxygens (including phenoxy) is 1. The molecule has 6 rings (SSSR count). The number of amides is 2. The second kappa shape index (κ2) is 9.27. The van der Waals surface area contributed by atoms with Crippen molar-refractivity contribution in [1.29, 1.82) is 0 Å². The van der Waals surface area contributed by atoms with E-state index in [4.69, 9.17) is 21.2 Å². The van der Waals surface area contributed by atoms with E-state index in [1.807, 2.05) is 0 Å². The highest BCUT2D eigenvalue weighted by molar-refractivity contribution is 6.51.